The van der Waals surface area contributed by atoms with Crippen molar-refractivity contribution in [3.8, 4) is 5.75 Å². The molecule has 1 unspecified atom stereocenters. The average molecular weight is 236 g/mol. The highest BCUT2D eigenvalue weighted by Crippen LogP contribution is 2.30. The van der Waals surface area contributed by atoms with E-state index in [1.807, 2.05) is 0 Å². The van der Waals surface area contributed by atoms with Gasteiger partial charge in [0.1, 0.15) is 11.9 Å². The minimum Gasteiger partial charge on any atom is -0.405 e. The summed E-state index contributed by atoms with van der Waals surface area (Å²) in [5, 5.41) is 9.53. The number of benzene rings is 1. The summed E-state index contributed by atoms with van der Waals surface area (Å²) in [6.45, 7) is -0.0990. The Morgan fingerprint density at radius 3 is 2.50 bits per heavy atom. The number of aliphatic hydroxyl groups is 1. The molecule has 1 N–H and O–H groups in total. The van der Waals surface area contributed by atoms with Crippen molar-refractivity contribution in [2.24, 2.45) is 0 Å². The van der Waals surface area contributed by atoms with Gasteiger partial charge in [-0.2, -0.15) is 0 Å². The van der Waals surface area contributed by atoms with Gasteiger partial charge in [-0.25, -0.2) is 0 Å². The summed E-state index contributed by atoms with van der Waals surface area (Å²) in [7, 11) is 1.34. The normalized spacial score (nSPS) is 13.6. The van der Waals surface area contributed by atoms with Gasteiger partial charge >= 0.3 is 6.36 Å². The van der Waals surface area contributed by atoms with Crippen LogP contribution >= 0.6 is 0 Å². The maximum Gasteiger partial charge on any atom is 0.573 e. The second-order valence-corrected chi connectivity index (χ2v) is 3.06. The Morgan fingerprint density at radius 1 is 1.31 bits per heavy atom. The monoisotopic (exact) mass is 236 g/mol. The third-order valence-electron chi connectivity index (χ3n) is 1.83. The van der Waals surface area contributed by atoms with Crippen molar-refractivity contribution in [2.75, 3.05) is 13.7 Å². The molecular weight excluding hydrogens is 225 g/mol. The minimum absolute atomic E-state index is 0.0432. The molecule has 0 heterocycles. The van der Waals surface area contributed by atoms with Crippen molar-refractivity contribution >= 4 is 0 Å². The number of alkyl halides is 3. The molecular formula is C10H11F3O3. The second kappa shape index (κ2) is 5.18. The molecule has 0 radical (unpaired) electrons. The Labute approximate surface area is 90.4 Å². The van der Waals surface area contributed by atoms with Crippen molar-refractivity contribution in [2.45, 2.75) is 12.5 Å². The Morgan fingerprint density at radius 2 is 1.94 bits per heavy atom. The highest BCUT2D eigenvalue weighted by atomic mass is 19.4. The van der Waals surface area contributed by atoms with E-state index in [0.717, 1.165) is 6.07 Å². The molecule has 0 spiro atoms. The molecule has 90 valence electrons. The first-order valence-corrected chi connectivity index (χ1v) is 4.45. The molecule has 0 amide bonds. The van der Waals surface area contributed by atoms with Crippen molar-refractivity contribution < 1.29 is 27.8 Å². The summed E-state index contributed by atoms with van der Waals surface area (Å²) in [6, 6.07) is 5.40. The van der Waals surface area contributed by atoms with E-state index in [0.29, 0.717) is 0 Å². The third-order valence-corrected chi connectivity index (χ3v) is 1.83. The van der Waals surface area contributed by atoms with Crippen molar-refractivity contribution in [3.05, 3.63) is 29.8 Å². The predicted molar refractivity (Wildman–Crippen MR) is 50.0 cm³/mol. The first-order chi connectivity index (χ1) is 7.44. The number of hydrogen-bond acceptors (Lipinski definition) is 3. The number of rotatable bonds is 4. The van der Waals surface area contributed by atoms with Crippen molar-refractivity contribution in [3.63, 3.8) is 0 Å². The van der Waals surface area contributed by atoms with Gasteiger partial charge in [-0.3, -0.25) is 0 Å². The van der Waals surface area contributed by atoms with Crippen LogP contribution in [-0.2, 0) is 4.74 Å². The SMILES string of the molecule is COCC(O)c1ccccc1OC(F)(F)F. The van der Waals surface area contributed by atoms with Crippen LogP contribution in [0.2, 0.25) is 0 Å². The smallest absolute Gasteiger partial charge is 0.405 e. The van der Waals surface area contributed by atoms with E-state index in [4.69, 9.17) is 0 Å². The molecule has 0 aliphatic heterocycles. The number of halogens is 3. The van der Waals surface area contributed by atoms with Crippen LogP contribution in [-0.4, -0.2) is 25.2 Å². The molecule has 1 atom stereocenters. The molecule has 3 nitrogen and oxygen atoms in total. The van der Waals surface area contributed by atoms with Gasteiger partial charge < -0.3 is 14.6 Å². The zero-order valence-electron chi connectivity index (χ0n) is 8.49. The molecule has 1 aromatic rings. The summed E-state index contributed by atoms with van der Waals surface area (Å²) >= 11 is 0. The Kier molecular flexibility index (Phi) is 4.14. The van der Waals surface area contributed by atoms with Gasteiger partial charge in [0.25, 0.3) is 0 Å². The number of hydrogen-bond donors (Lipinski definition) is 1. The van der Waals surface area contributed by atoms with Crippen LogP contribution in [0.1, 0.15) is 11.7 Å². The number of ether oxygens (including phenoxy) is 2. The van der Waals surface area contributed by atoms with Gasteiger partial charge in [0.15, 0.2) is 0 Å². The summed E-state index contributed by atoms with van der Waals surface area (Å²) in [5.74, 6) is -0.417. The number of aliphatic hydroxyl groups excluding tert-OH is 1. The summed E-state index contributed by atoms with van der Waals surface area (Å²) < 4.78 is 44.5. The highest BCUT2D eigenvalue weighted by Gasteiger charge is 2.32. The quantitative estimate of drug-likeness (QED) is 0.871. The van der Waals surface area contributed by atoms with Crippen molar-refractivity contribution in [1.29, 1.82) is 0 Å². The van der Waals surface area contributed by atoms with E-state index in [1.165, 1.54) is 25.3 Å². The molecule has 6 heteroatoms. The Bertz CT molecular complexity index is 338. The van der Waals surface area contributed by atoms with E-state index in [9.17, 15) is 18.3 Å². The first-order valence-electron chi connectivity index (χ1n) is 4.45. The molecule has 0 fully saturated rings. The van der Waals surface area contributed by atoms with E-state index >= 15 is 0 Å². The van der Waals surface area contributed by atoms with E-state index in [-0.39, 0.29) is 12.2 Å². The fourth-order valence-electron chi connectivity index (χ4n) is 1.22. The maximum atomic E-state index is 12.0. The predicted octanol–water partition coefficient (Wildman–Crippen LogP) is 2.27. The van der Waals surface area contributed by atoms with E-state index in [1.54, 1.807) is 0 Å². The zero-order valence-corrected chi connectivity index (χ0v) is 8.49. The first kappa shape index (κ1) is 12.8. The zero-order chi connectivity index (χ0) is 12.2. The number of para-hydroxylation sites is 1. The van der Waals surface area contributed by atoms with Gasteiger partial charge in [0.05, 0.1) is 6.61 Å². The van der Waals surface area contributed by atoms with Gasteiger partial charge in [-0.05, 0) is 6.07 Å². The summed E-state index contributed by atoms with van der Waals surface area (Å²) in [5.41, 5.74) is 0.0432. The minimum atomic E-state index is -4.77. The fraction of sp³-hybridized carbons (Fsp3) is 0.400. The molecule has 1 aromatic carbocycles. The van der Waals surface area contributed by atoms with Gasteiger partial charge in [-0.15, -0.1) is 13.2 Å². The molecule has 0 saturated heterocycles. The molecule has 0 aliphatic carbocycles. The van der Waals surface area contributed by atoms with Gasteiger partial charge in [-0.1, -0.05) is 18.2 Å². The largest absolute Gasteiger partial charge is 0.573 e. The third kappa shape index (κ3) is 3.71. The second-order valence-electron chi connectivity index (χ2n) is 3.06. The molecule has 0 bridgehead atoms. The highest BCUT2D eigenvalue weighted by molar-refractivity contribution is 5.35. The average Bonchev–Trinajstić information content (AvgIpc) is 2.16. The fourth-order valence-corrected chi connectivity index (χ4v) is 1.22. The Hall–Kier alpha value is -1.27. The van der Waals surface area contributed by atoms with Crippen LogP contribution in [0, 0.1) is 0 Å². The van der Waals surface area contributed by atoms with Crippen LogP contribution in [0.15, 0.2) is 24.3 Å². The van der Waals surface area contributed by atoms with Crippen LogP contribution in [0.25, 0.3) is 0 Å². The lowest BCUT2D eigenvalue weighted by Gasteiger charge is -2.16. The lowest BCUT2D eigenvalue weighted by Crippen LogP contribution is -2.19. The van der Waals surface area contributed by atoms with E-state index < -0.39 is 18.2 Å². The van der Waals surface area contributed by atoms with Crippen LogP contribution in [0.4, 0.5) is 13.2 Å². The topological polar surface area (TPSA) is 38.7 Å². The van der Waals surface area contributed by atoms with Gasteiger partial charge in [0.2, 0.25) is 0 Å². The maximum absolute atomic E-state index is 12.0. The Balaban J connectivity index is 2.91. The van der Waals surface area contributed by atoms with E-state index in [2.05, 4.69) is 9.47 Å². The number of methoxy groups -OCH3 is 1. The lowest BCUT2D eigenvalue weighted by atomic mass is 10.1. The lowest BCUT2D eigenvalue weighted by molar-refractivity contribution is -0.275. The molecule has 0 saturated carbocycles. The van der Waals surface area contributed by atoms with Crippen molar-refractivity contribution in [1.82, 2.24) is 0 Å². The molecule has 0 aliphatic rings. The van der Waals surface area contributed by atoms with Crippen LogP contribution < -0.4 is 4.74 Å². The summed E-state index contributed by atoms with van der Waals surface area (Å²) in [4.78, 5) is 0. The summed E-state index contributed by atoms with van der Waals surface area (Å²) in [6.07, 6.45) is -5.92. The standard InChI is InChI=1S/C10H11F3O3/c1-15-6-8(14)7-4-2-3-5-9(7)16-10(11,12)13/h2-5,8,14H,6H2,1H3. The molecule has 0 aromatic heterocycles. The van der Waals surface area contributed by atoms with Crippen LogP contribution in [0.3, 0.4) is 0 Å². The van der Waals surface area contributed by atoms with Crippen LogP contribution in [0.5, 0.6) is 5.75 Å². The van der Waals surface area contributed by atoms with Gasteiger partial charge in [0, 0.05) is 12.7 Å². The molecule has 16 heavy (non-hydrogen) atoms. The molecule has 1 rings (SSSR count).